The van der Waals surface area contributed by atoms with Crippen molar-refractivity contribution < 1.29 is 4.92 Å². The highest BCUT2D eigenvalue weighted by molar-refractivity contribution is 5.53. The molecule has 0 radical (unpaired) electrons. The largest absolute Gasteiger partial charge is 0.366 e. The molecule has 1 aromatic carbocycles. The summed E-state index contributed by atoms with van der Waals surface area (Å²) in [6, 6.07) is 8.10. The number of nitrogens with zero attached hydrogens (tertiary/aromatic N) is 3. The maximum absolute atomic E-state index is 10.7. The Labute approximate surface area is 119 Å². The average Bonchev–Trinajstić information content (AvgIpc) is 2.97. The summed E-state index contributed by atoms with van der Waals surface area (Å²) in [6.45, 7) is 8.92. The first-order chi connectivity index (χ1) is 9.36. The lowest BCUT2D eigenvalue weighted by Crippen LogP contribution is -2.53. The van der Waals surface area contributed by atoms with Gasteiger partial charge in [-0.15, -0.1) is 0 Å². The Balaban J connectivity index is 1.75. The normalized spacial score (nSPS) is 26.2. The van der Waals surface area contributed by atoms with E-state index in [2.05, 4.69) is 30.6 Å². The van der Waals surface area contributed by atoms with E-state index < -0.39 is 0 Å². The Bertz CT molecular complexity index is 521. The molecule has 2 bridgehead atoms. The van der Waals surface area contributed by atoms with Gasteiger partial charge in [0.1, 0.15) is 0 Å². The Morgan fingerprint density at radius 1 is 1.15 bits per heavy atom. The molecule has 0 N–H and O–H groups in total. The summed E-state index contributed by atoms with van der Waals surface area (Å²) in [5.74, 6) is 0. The van der Waals surface area contributed by atoms with Crippen molar-refractivity contribution in [3.05, 3.63) is 34.4 Å². The predicted molar refractivity (Wildman–Crippen MR) is 79.1 cm³/mol. The molecule has 0 aliphatic carbocycles. The second kappa shape index (κ2) is 4.45. The molecule has 2 fully saturated rings. The molecule has 3 rings (SSSR count). The third kappa shape index (κ3) is 2.16. The number of likely N-dealkylation sites (tertiary alicyclic amines) is 1. The van der Waals surface area contributed by atoms with Gasteiger partial charge in [0.2, 0.25) is 0 Å². The van der Waals surface area contributed by atoms with E-state index >= 15 is 0 Å². The van der Waals surface area contributed by atoms with Crippen molar-refractivity contribution in [1.29, 1.82) is 0 Å². The van der Waals surface area contributed by atoms with Gasteiger partial charge < -0.3 is 4.90 Å². The van der Waals surface area contributed by atoms with Crippen LogP contribution < -0.4 is 4.90 Å². The van der Waals surface area contributed by atoms with Crippen LogP contribution in [0.15, 0.2) is 24.3 Å². The van der Waals surface area contributed by atoms with Gasteiger partial charge in [-0.2, -0.15) is 0 Å². The Kier molecular flexibility index (Phi) is 2.97. The molecular formula is C15H21N3O2. The van der Waals surface area contributed by atoms with Crippen molar-refractivity contribution >= 4 is 11.4 Å². The smallest absolute Gasteiger partial charge is 0.269 e. The van der Waals surface area contributed by atoms with Crippen molar-refractivity contribution in [3.8, 4) is 0 Å². The van der Waals surface area contributed by atoms with E-state index in [9.17, 15) is 10.1 Å². The van der Waals surface area contributed by atoms with Gasteiger partial charge in [0.25, 0.3) is 5.69 Å². The highest BCUT2D eigenvalue weighted by Gasteiger charge is 2.46. The molecule has 1 aromatic rings. The maximum Gasteiger partial charge on any atom is 0.269 e. The van der Waals surface area contributed by atoms with Crippen LogP contribution in [0, 0.1) is 10.1 Å². The molecule has 0 spiro atoms. The zero-order valence-corrected chi connectivity index (χ0v) is 12.2. The molecule has 0 saturated carbocycles. The number of rotatable bonds is 2. The summed E-state index contributed by atoms with van der Waals surface area (Å²) in [7, 11) is 0. The lowest BCUT2D eigenvalue weighted by Gasteiger charge is -2.42. The van der Waals surface area contributed by atoms with Crippen molar-refractivity contribution in [1.82, 2.24) is 4.90 Å². The molecule has 2 atom stereocenters. The average molecular weight is 275 g/mol. The minimum atomic E-state index is -0.346. The number of fused-ring (bicyclic) bond motifs is 2. The van der Waals surface area contributed by atoms with Crippen molar-refractivity contribution in [3.63, 3.8) is 0 Å². The molecule has 2 aliphatic rings. The van der Waals surface area contributed by atoms with Crippen LogP contribution in [0.3, 0.4) is 0 Å². The monoisotopic (exact) mass is 275 g/mol. The van der Waals surface area contributed by atoms with Gasteiger partial charge in [-0.1, -0.05) is 0 Å². The summed E-state index contributed by atoms with van der Waals surface area (Å²) in [4.78, 5) is 15.3. The number of hydrogen-bond acceptors (Lipinski definition) is 4. The molecule has 20 heavy (non-hydrogen) atoms. The number of hydrogen-bond donors (Lipinski definition) is 0. The number of piperazine rings is 1. The quantitative estimate of drug-likeness (QED) is 0.615. The van der Waals surface area contributed by atoms with E-state index in [0.29, 0.717) is 12.1 Å². The zero-order valence-electron chi connectivity index (χ0n) is 12.2. The van der Waals surface area contributed by atoms with E-state index in [4.69, 9.17) is 0 Å². The molecule has 5 heteroatoms. The Morgan fingerprint density at radius 2 is 1.80 bits per heavy atom. The topological polar surface area (TPSA) is 49.6 Å². The van der Waals surface area contributed by atoms with Crippen LogP contribution in [0.4, 0.5) is 11.4 Å². The summed E-state index contributed by atoms with van der Waals surface area (Å²) < 4.78 is 0. The first-order valence-corrected chi connectivity index (χ1v) is 7.14. The Hall–Kier alpha value is -1.62. The second-order valence-corrected chi connectivity index (χ2v) is 6.79. The summed E-state index contributed by atoms with van der Waals surface area (Å²) in [5.41, 5.74) is 1.49. The van der Waals surface area contributed by atoms with Crippen molar-refractivity contribution in [2.24, 2.45) is 0 Å². The second-order valence-electron chi connectivity index (χ2n) is 6.79. The summed E-state index contributed by atoms with van der Waals surface area (Å²) in [6.07, 6.45) is 1.20. The number of nitro groups is 1. The van der Waals surface area contributed by atoms with Crippen LogP contribution in [-0.4, -0.2) is 40.5 Å². The molecular weight excluding hydrogens is 254 g/mol. The van der Waals surface area contributed by atoms with Crippen LogP contribution >= 0.6 is 0 Å². The van der Waals surface area contributed by atoms with Gasteiger partial charge in [0.05, 0.1) is 4.92 Å². The van der Waals surface area contributed by atoms with E-state index in [1.807, 2.05) is 12.1 Å². The summed E-state index contributed by atoms with van der Waals surface area (Å²) >= 11 is 0. The third-order valence-electron chi connectivity index (χ3n) is 4.49. The van der Waals surface area contributed by atoms with Crippen LogP contribution in [0.2, 0.25) is 0 Å². The van der Waals surface area contributed by atoms with Crippen LogP contribution in [0.1, 0.15) is 27.2 Å². The van der Waals surface area contributed by atoms with E-state index in [-0.39, 0.29) is 16.1 Å². The molecule has 5 nitrogen and oxygen atoms in total. The van der Waals surface area contributed by atoms with Gasteiger partial charge in [-0.25, -0.2) is 0 Å². The fraction of sp³-hybridized carbons (Fsp3) is 0.600. The van der Waals surface area contributed by atoms with E-state index in [0.717, 1.165) is 18.8 Å². The van der Waals surface area contributed by atoms with Crippen LogP contribution in [0.5, 0.6) is 0 Å². The van der Waals surface area contributed by atoms with Gasteiger partial charge in [-0.3, -0.25) is 15.0 Å². The van der Waals surface area contributed by atoms with Gasteiger partial charge >= 0.3 is 0 Å². The molecule has 0 unspecified atom stereocenters. The third-order valence-corrected chi connectivity index (χ3v) is 4.49. The number of non-ortho nitro benzene ring substituents is 1. The lowest BCUT2D eigenvalue weighted by atomic mass is 10.0. The fourth-order valence-electron chi connectivity index (χ4n) is 3.57. The number of nitro benzene ring substituents is 1. The molecule has 2 aliphatic heterocycles. The van der Waals surface area contributed by atoms with Gasteiger partial charge in [0.15, 0.2) is 0 Å². The minimum Gasteiger partial charge on any atom is -0.366 e. The first-order valence-electron chi connectivity index (χ1n) is 7.14. The highest BCUT2D eigenvalue weighted by atomic mass is 16.6. The Morgan fingerprint density at radius 3 is 2.25 bits per heavy atom. The fourth-order valence-corrected chi connectivity index (χ4v) is 3.57. The van der Waals surface area contributed by atoms with Crippen LogP contribution in [0.25, 0.3) is 0 Å². The molecule has 0 aromatic heterocycles. The summed E-state index contributed by atoms with van der Waals surface area (Å²) in [5, 5.41) is 10.7. The minimum absolute atomic E-state index is 0.162. The standard InChI is InChI=1S/C15H21N3O2/c1-15(2,3)17-10-13-8-14(17)9-16(13)11-4-6-12(7-5-11)18(19)20/h4-7,13-14H,8-10H2,1-3H3/t13-,14-/m0/s1. The zero-order chi connectivity index (χ0) is 14.5. The predicted octanol–water partition coefficient (Wildman–Crippen LogP) is 2.66. The SMILES string of the molecule is CC(C)(C)N1C[C@@H]2C[C@H]1CN2c1ccc([N+](=O)[O-])cc1. The van der Waals surface area contributed by atoms with Gasteiger partial charge in [0, 0.05) is 48.5 Å². The number of benzene rings is 1. The lowest BCUT2D eigenvalue weighted by molar-refractivity contribution is -0.384. The van der Waals surface area contributed by atoms with Crippen molar-refractivity contribution in [2.75, 3.05) is 18.0 Å². The van der Waals surface area contributed by atoms with Gasteiger partial charge in [-0.05, 0) is 39.3 Å². The number of anilines is 1. The van der Waals surface area contributed by atoms with Crippen LogP contribution in [-0.2, 0) is 0 Å². The van der Waals surface area contributed by atoms with E-state index in [1.54, 1.807) is 12.1 Å². The molecule has 2 saturated heterocycles. The molecule has 0 amide bonds. The first kappa shape index (κ1) is 13.4. The molecule has 108 valence electrons. The molecule has 2 heterocycles. The van der Waals surface area contributed by atoms with Crippen molar-refractivity contribution in [2.45, 2.75) is 44.8 Å². The highest BCUT2D eigenvalue weighted by Crippen LogP contribution is 2.38. The van der Waals surface area contributed by atoms with E-state index in [1.165, 1.54) is 6.42 Å². The maximum atomic E-state index is 10.7.